The third kappa shape index (κ3) is 2.56. The number of hydrogen-bond acceptors (Lipinski definition) is 2. The van der Waals surface area contributed by atoms with Crippen molar-refractivity contribution < 1.29 is 22.6 Å². The highest BCUT2D eigenvalue weighted by Gasteiger charge is 2.36. The molecule has 1 rings (SSSR count). The van der Waals surface area contributed by atoms with E-state index < -0.39 is 11.7 Å². The van der Waals surface area contributed by atoms with Crippen molar-refractivity contribution in [2.24, 2.45) is 0 Å². The lowest BCUT2D eigenvalue weighted by Crippen LogP contribution is -2.08. The van der Waals surface area contributed by atoms with Crippen molar-refractivity contribution in [2.75, 3.05) is 14.2 Å². The smallest absolute Gasteiger partial charge is 0.420 e. The highest BCUT2D eigenvalue weighted by Crippen LogP contribution is 2.43. The first-order valence-corrected chi connectivity index (χ1v) is 4.68. The molecule has 0 aromatic heterocycles. The Hall–Kier alpha value is -0.910. The molecule has 1 aromatic rings. The van der Waals surface area contributed by atoms with Crippen LogP contribution in [0.15, 0.2) is 16.6 Å². The second kappa shape index (κ2) is 4.30. The van der Waals surface area contributed by atoms with Crippen LogP contribution in [0.25, 0.3) is 0 Å². The van der Waals surface area contributed by atoms with E-state index in [9.17, 15) is 13.2 Å². The van der Waals surface area contributed by atoms with Gasteiger partial charge in [0.25, 0.3) is 0 Å². The molecule has 0 aliphatic heterocycles. The molecule has 0 N–H and O–H groups in total. The highest BCUT2D eigenvalue weighted by atomic mass is 79.9. The third-order valence-electron chi connectivity index (χ3n) is 1.75. The molecular weight excluding hydrogens is 277 g/mol. The monoisotopic (exact) mass is 284 g/mol. The minimum Gasteiger partial charge on any atom is -0.493 e. The molecule has 1 aromatic carbocycles. The zero-order valence-corrected chi connectivity index (χ0v) is 9.57. The summed E-state index contributed by atoms with van der Waals surface area (Å²) in [5.41, 5.74) is -0.865. The molecule has 0 spiro atoms. The first kappa shape index (κ1) is 12.2. The summed E-state index contributed by atoms with van der Waals surface area (Å²) in [6.45, 7) is 0. The molecule has 0 saturated carbocycles. The number of methoxy groups -OCH3 is 2. The van der Waals surface area contributed by atoms with Crippen LogP contribution >= 0.6 is 15.9 Å². The van der Waals surface area contributed by atoms with Crippen LogP contribution in [0.3, 0.4) is 0 Å². The quantitative estimate of drug-likeness (QED) is 0.828. The van der Waals surface area contributed by atoms with Gasteiger partial charge in [-0.3, -0.25) is 0 Å². The van der Waals surface area contributed by atoms with E-state index in [1.165, 1.54) is 20.3 Å². The van der Waals surface area contributed by atoms with Crippen molar-refractivity contribution in [3.63, 3.8) is 0 Å². The Morgan fingerprint density at radius 1 is 1.13 bits per heavy atom. The molecule has 0 heterocycles. The fraction of sp³-hybridized carbons (Fsp3) is 0.333. The van der Waals surface area contributed by atoms with Gasteiger partial charge in [-0.15, -0.1) is 0 Å². The van der Waals surface area contributed by atoms with Crippen LogP contribution < -0.4 is 9.47 Å². The van der Waals surface area contributed by atoms with Gasteiger partial charge in [0.05, 0.1) is 14.2 Å². The largest absolute Gasteiger partial charge is 0.493 e. The van der Waals surface area contributed by atoms with Gasteiger partial charge in [-0.25, -0.2) is 0 Å². The van der Waals surface area contributed by atoms with Crippen molar-refractivity contribution in [1.29, 1.82) is 0 Å². The molecule has 0 saturated heterocycles. The van der Waals surface area contributed by atoms with E-state index in [0.29, 0.717) is 0 Å². The summed E-state index contributed by atoms with van der Waals surface area (Å²) in [5.74, 6) is -0.271. The van der Waals surface area contributed by atoms with Crippen LogP contribution in [-0.4, -0.2) is 14.2 Å². The van der Waals surface area contributed by atoms with Gasteiger partial charge in [0.2, 0.25) is 0 Å². The van der Waals surface area contributed by atoms with E-state index in [4.69, 9.17) is 4.74 Å². The maximum Gasteiger partial charge on any atom is 0.420 e. The number of benzene rings is 1. The normalized spacial score (nSPS) is 11.3. The minimum absolute atomic E-state index is 0.0409. The first-order valence-electron chi connectivity index (χ1n) is 3.89. The SMILES string of the molecule is COc1cc(Br)cc(C(F)(F)F)c1OC. The molecule has 2 nitrogen and oxygen atoms in total. The van der Waals surface area contributed by atoms with Crippen LogP contribution in [0, 0.1) is 0 Å². The molecule has 15 heavy (non-hydrogen) atoms. The van der Waals surface area contributed by atoms with Crippen molar-refractivity contribution in [3.05, 3.63) is 22.2 Å². The number of halogens is 4. The Kier molecular flexibility index (Phi) is 3.49. The van der Waals surface area contributed by atoms with E-state index in [0.717, 1.165) is 6.07 Å². The molecule has 0 amide bonds. The third-order valence-corrected chi connectivity index (χ3v) is 2.21. The maximum absolute atomic E-state index is 12.6. The topological polar surface area (TPSA) is 18.5 Å². The summed E-state index contributed by atoms with van der Waals surface area (Å²) in [7, 11) is 2.45. The van der Waals surface area contributed by atoms with Gasteiger partial charge < -0.3 is 9.47 Å². The van der Waals surface area contributed by atoms with Gasteiger partial charge >= 0.3 is 6.18 Å². The molecule has 0 aliphatic rings. The van der Waals surface area contributed by atoms with Crippen molar-refractivity contribution >= 4 is 15.9 Å². The molecular formula is C9H8BrF3O2. The second-order valence-corrected chi connectivity index (χ2v) is 3.60. The molecule has 0 radical (unpaired) electrons. The molecule has 0 aliphatic carbocycles. The summed E-state index contributed by atoms with van der Waals surface area (Å²) in [4.78, 5) is 0. The Morgan fingerprint density at radius 2 is 1.73 bits per heavy atom. The van der Waals surface area contributed by atoms with Crippen molar-refractivity contribution in [3.8, 4) is 11.5 Å². The fourth-order valence-electron chi connectivity index (χ4n) is 1.14. The summed E-state index contributed by atoms with van der Waals surface area (Å²) in [6.07, 6.45) is -4.47. The van der Waals surface area contributed by atoms with Gasteiger partial charge in [0.1, 0.15) is 5.56 Å². The molecule has 84 valence electrons. The number of ether oxygens (including phenoxy) is 2. The summed E-state index contributed by atoms with van der Waals surface area (Å²) < 4.78 is 47.5. The van der Waals surface area contributed by atoms with Gasteiger partial charge in [-0.1, -0.05) is 15.9 Å². The standard InChI is InChI=1S/C9H8BrF3O2/c1-14-7-4-5(10)3-6(8(7)15-2)9(11,12)13/h3-4H,1-2H3. The predicted octanol–water partition coefficient (Wildman–Crippen LogP) is 3.49. The lowest BCUT2D eigenvalue weighted by molar-refractivity contribution is -0.138. The van der Waals surface area contributed by atoms with Crippen LogP contribution in [0.5, 0.6) is 11.5 Å². The molecule has 0 atom stereocenters. The fourth-order valence-corrected chi connectivity index (χ4v) is 1.58. The summed E-state index contributed by atoms with van der Waals surface area (Å²) in [5, 5.41) is 0. The van der Waals surface area contributed by atoms with E-state index in [1.807, 2.05) is 0 Å². The molecule has 0 bridgehead atoms. The second-order valence-electron chi connectivity index (χ2n) is 2.69. The summed E-state index contributed by atoms with van der Waals surface area (Å²) in [6, 6.07) is 2.36. The Morgan fingerprint density at radius 3 is 2.13 bits per heavy atom. The minimum atomic E-state index is -4.47. The van der Waals surface area contributed by atoms with Gasteiger partial charge in [0.15, 0.2) is 11.5 Å². The van der Waals surface area contributed by atoms with Gasteiger partial charge in [0, 0.05) is 4.47 Å². The van der Waals surface area contributed by atoms with E-state index in [1.54, 1.807) is 0 Å². The number of hydrogen-bond donors (Lipinski definition) is 0. The molecule has 0 unspecified atom stereocenters. The maximum atomic E-state index is 12.6. The van der Waals surface area contributed by atoms with Gasteiger partial charge in [-0.2, -0.15) is 13.2 Å². The van der Waals surface area contributed by atoms with Crippen LogP contribution in [-0.2, 0) is 6.18 Å². The van der Waals surface area contributed by atoms with E-state index >= 15 is 0 Å². The Bertz CT molecular complexity index is 363. The first-order chi connectivity index (χ1) is 6.90. The average Bonchev–Trinajstić information content (AvgIpc) is 2.15. The predicted molar refractivity (Wildman–Crippen MR) is 52.2 cm³/mol. The zero-order valence-electron chi connectivity index (χ0n) is 7.98. The lowest BCUT2D eigenvalue weighted by Gasteiger charge is -2.15. The van der Waals surface area contributed by atoms with Crippen molar-refractivity contribution in [2.45, 2.75) is 6.18 Å². The number of alkyl halides is 3. The number of rotatable bonds is 2. The van der Waals surface area contributed by atoms with Gasteiger partial charge in [-0.05, 0) is 12.1 Å². The van der Waals surface area contributed by atoms with Crippen molar-refractivity contribution in [1.82, 2.24) is 0 Å². The summed E-state index contributed by atoms with van der Waals surface area (Å²) >= 11 is 2.97. The Balaban J connectivity index is 3.42. The van der Waals surface area contributed by atoms with Crippen LogP contribution in [0.1, 0.15) is 5.56 Å². The molecule has 0 fully saturated rings. The zero-order chi connectivity index (χ0) is 11.6. The Labute approximate surface area is 93.1 Å². The average molecular weight is 285 g/mol. The van der Waals surface area contributed by atoms with E-state index in [2.05, 4.69) is 20.7 Å². The molecule has 6 heteroatoms. The van der Waals surface area contributed by atoms with Crippen LogP contribution in [0.2, 0.25) is 0 Å². The van der Waals surface area contributed by atoms with Crippen LogP contribution in [0.4, 0.5) is 13.2 Å². The van der Waals surface area contributed by atoms with E-state index in [-0.39, 0.29) is 16.0 Å². The highest BCUT2D eigenvalue weighted by molar-refractivity contribution is 9.10. The lowest BCUT2D eigenvalue weighted by atomic mass is 10.2.